The number of ketones is 1. The Balaban J connectivity index is 1.95. The van der Waals surface area contributed by atoms with Crippen LogP contribution in [-0.2, 0) is 0 Å². The van der Waals surface area contributed by atoms with E-state index in [1.54, 1.807) is 0 Å². The zero-order chi connectivity index (χ0) is 9.80. The fourth-order valence-electron chi connectivity index (χ4n) is 2.22. The average Bonchev–Trinajstić information content (AvgIpc) is 2.72. The molecule has 14 heavy (non-hydrogen) atoms. The third-order valence-corrected chi connectivity index (χ3v) is 3.04. The van der Waals surface area contributed by atoms with Crippen LogP contribution in [0.2, 0.25) is 0 Å². The zero-order valence-corrected chi connectivity index (χ0v) is 8.41. The lowest BCUT2D eigenvalue weighted by atomic mass is 9.97. The van der Waals surface area contributed by atoms with Crippen LogP contribution < -0.4 is 0 Å². The summed E-state index contributed by atoms with van der Waals surface area (Å²) in [5, 5.41) is 0. The van der Waals surface area contributed by atoms with Crippen LogP contribution in [0.25, 0.3) is 0 Å². The zero-order valence-electron chi connectivity index (χ0n) is 8.41. The van der Waals surface area contributed by atoms with Gasteiger partial charge in [0.25, 0.3) is 0 Å². The van der Waals surface area contributed by atoms with Crippen molar-refractivity contribution in [2.75, 3.05) is 0 Å². The Morgan fingerprint density at radius 1 is 1.14 bits per heavy atom. The molecular weight excluding hydrogens is 172 g/mol. The average molecular weight is 188 g/mol. The minimum Gasteiger partial charge on any atom is -0.294 e. The van der Waals surface area contributed by atoms with Gasteiger partial charge in [-0.2, -0.15) is 0 Å². The summed E-state index contributed by atoms with van der Waals surface area (Å²) in [6.45, 7) is 0. The molecule has 1 aromatic rings. The van der Waals surface area contributed by atoms with Gasteiger partial charge in [-0.1, -0.05) is 56.0 Å². The number of rotatable bonds is 3. The predicted molar refractivity (Wildman–Crippen MR) is 57.3 cm³/mol. The molecule has 1 aliphatic rings. The van der Waals surface area contributed by atoms with Gasteiger partial charge in [-0.15, -0.1) is 0 Å². The van der Waals surface area contributed by atoms with Gasteiger partial charge in [-0.05, 0) is 5.92 Å². The quantitative estimate of drug-likeness (QED) is 0.664. The van der Waals surface area contributed by atoms with Crippen LogP contribution in [0, 0.1) is 5.92 Å². The number of carbonyl (C=O) groups is 1. The summed E-state index contributed by atoms with van der Waals surface area (Å²) in [6, 6.07) is 9.64. The molecule has 0 unspecified atom stereocenters. The van der Waals surface area contributed by atoms with E-state index in [1.807, 2.05) is 30.3 Å². The molecule has 1 saturated carbocycles. The second-order valence-electron chi connectivity index (χ2n) is 4.14. The molecule has 0 bridgehead atoms. The van der Waals surface area contributed by atoms with E-state index in [0.717, 1.165) is 12.0 Å². The Morgan fingerprint density at radius 3 is 2.43 bits per heavy atom. The van der Waals surface area contributed by atoms with Crippen LogP contribution in [0.15, 0.2) is 30.3 Å². The van der Waals surface area contributed by atoms with Crippen molar-refractivity contribution in [1.82, 2.24) is 0 Å². The van der Waals surface area contributed by atoms with Gasteiger partial charge in [0.05, 0.1) is 0 Å². The van der Waals surface area contributed by atoms with E-state index in [2.05, 4.69) is 0 Å². The van der Waals surface area contributed by atoms with Crippen LogP contribution in [0.1, 0.15) is 42.5 Å². The summed E-state index contributed by atoms with van der Waals surface area (Å²) in [4.78, 5) is 11.8. The van der Waals surface area contributed by atoms with Gasteiger partial charge in [-0.3, -0.25) is 4.79 Å². The first-order chi connectivity index (χ1) is 6.86. The Labute approximate surface area is 85.1 Å². The number of hydrogen-bond acceptors (Lipinski definition) is 1. The maximum atomic E-state index is 11.8. The number of benzene rings is 1. The number of carbonyl (C=O) groups excluding carboxylic acids is 1. The van der Waals surface area contributed by atoms with Crippen molar-refractivity contribution in [2.24, 2.45) is 5.92 Å². The van der Waals surface area contributed by atoms with Crippen molar-refractivity contribution in [3.8, 4) is 0 Å². The summed E-state index contributed by atoms with van der Waals surface area (Å²) in [7, 11) is 0. The van der Waals surface area contributed by atoms with Crippen LogP contribution >= 0.6 is 0 Å². The molecule has 1 aromatic carbocycles. The van der Waals surface area contributed by atoms with Crippen molar-refractivity contribution in [3.63, 3.8) is 0 Å². The van der Waals surface area contributed by atoms with Crippen molar-refractivity contribution in [1.29, 1.82) is 0 Å². The lowest BCUT2D eigenvalue weighted by molar-refractivity contribution is 0.0962. The normalized spacial score (nSPS) is 17.1. The van der Waals surface area contributed by atoms with Crippen LogP contribution in [0.3, 0.4) is 0 Å². The molecule has 0 amide bonds. The van der Waals surface area contributed by atoms with E-state index in [-0.39, 0.29) is 0 Å². The molecule has 1 fully saturated rings. The summed E-state index contributed by atoms with van der Waals surface area (Å²) in [6.07, 6.45) is 5.88. The smallest absolute Gasteiger partial charge is 0.163 e. The van der Waals surface area contributed by atoms with E-state index in [0.29, 0.717) is 11.7 Å². The molecule has 1 heteroatoms. The van der Waals surface area contributed by atoms with Crippen molar-refractivity contribution in [3.05, 3.63) is 35.9 Å². The molecule has 74 valence electrons. The Kier molecular flexibility index (Phi) is 2.97. The second-order valence-corrected chi connectivity index (χ2v) is 4.14. The highest BCUT2D eigenvalue weighted by molar-refractivity contribution is 5.96. The Hall–Kier alpha value is -1.11. The fraction of sp³-hybridized carbons (Fsp3) is 0.462. The second kappa shape index (κ2) is 4.41. The number of Topliss-reactive ketones (excluding diaryl/α,β-unsaturated/α-hetero) is 1. The lowest BCUT2D eigenvalue weighted by Crippen LogP contribution is -2.05. The van der Waals surface area contributed by atoms with Crippen LogP contribution in [-0.4, -0.2) is 5.78 Å². The van der Waals surface area contributed by atoms with Gasteiger partial charge in [0, 0.05) is 12.0 Å². The maximum Gasteiger partial charge on any atom is 0.163 e. The molecule has 2 rings (SSSR count). The van der Waals surface area contributed by atoms with E-state index >= 15 is 0 Å². The van der Waals surface area contributed by atoms with Crippen molar-refractivity contribution in [2.45, 2.75) is 32.1 Å². The van der Waals surface area contributed by atoms with Gasteiger partial charge < -0.3 is 0 Å². The maximum absolute atomic E-state index is 11.8. The molecule has 0 N–H and O–H groups in total. The standard InChI is InChI=1S/C13H16O/c14-13(10-11-6-4-5-7-11)12-8-2-1-3-9-12/h1-3,8-9,11H,4-7,10H2. The fourth-order valence-corrected chi connectivity index (χ4v) is 2.22. The summed E-state index contributed by atoms with van der Waals surface area (Å²) in [5.41, 5.74) is 0.874. The minimum atomic E-state index is 0.317. The monoisotopic (exact) mass is 188 g/mol. The minimum absolute atomic E-state index is 0.317. The first-order valence-electron chi connectivity index (χ1n) is 5.44. The summed E-state index contributed by atoms with van der Waals surface area (Å²) >= 11 is 0. The van der Waals surface area contributed by atoms with E-state index < -0.39 is 0 Å². The third kappa shape index (κ3) is 2.22. The molecule has 0 saturated heterocycles. The van der Waals surface area contributed by atoms with Gasteiger partial charge in [0.1, 0.15) is 0 Å². The predicted octanol–water partition coefficient (Wildman–Crippen LogP) is 3.45. The van der Waals surface area contributed by atoms with Gasteiger partial charge >= 0.3 is 0 Å². The molecule has 0 radical (unpaired) electrons. The van der Waals surface area contributed by atoms with E-state index in [9.17, 15) is 4.79 Å². The highest BCUT2D eigenvalue weighted by Gasteiger charge is 2.18. The molecular formula is C13H16O. The van der Waals surface area contributed by atoms with Gasteiger partial charge in [0.15, 0.2) is 5.78 Å². The van der Waals surface area contributed by atoms with Gasteiger partial charge in [-0.25, -0.2) is 0 Å². The van der Waals surface area contributed by atoms with Crippen molar-refractivity contribution >= 4 is 5.78 Å². The van der Waals surface area contributed by atoms with Crippen LogP contribution in [0.4, 0.5) is 0 Å². The SMILES string of the molecule is O=C(CC1CCCC1)c1ccccc1. The lowest BCUT2D eigenvalue weighted by Gasteiger charge is -2.06. The van der Waals surface area contributed by atoms with Crippen molar-refractivity contribution < 1.29 is 4.79 Å². The van der Waals surface area contributed by atoms with E-state index in [1.165, 1.54) is 25.7 Å². The Bertz CT molecular complexity index is 296. The van der Waals surface area contributed by atoms with Gasteiger partial charge in [0.2, 0.25) is 0 Å². The topological polar surface area (TPSA) is 17.1 Å². The highest BCUT2D eigenvalue weighted by Crippen LogP contribution is 2.28. The molecule has 0 heterocycles. The third-order valence-electron chi connectivity index (χ3n) is 3.04. The number of hydrogen-bond donors (Lipinski definition) is 0. The molecule has 0 aliphatic heterocycles. The molecule has 0 aromatic heterocycles. The first kappa shape index (κ1) is 9.45. The summed E-state index contributed by atoms with van der Waals surface area (Å²) in [5.74, 6) is 0.972. The molecule has 0 spiro atoms. The molecule has 1 aliphatic carbocycles. The Morgan fingerprint density at radius 2 is 1.79 bits per heavy atom. The largest absolute Gasteiger partial charge is 0.294 e. The molecule has 1 nitrogen and oxygen atoms in total. The first-order valence-corrected chi connectivity index (χ1v) is 5.44. The van der Waals surface area contributed by atoms with E-state index in [4.69, 9.17) is 0 Å². The van der Waals surface area contributed by atoms with Crippen LogP contribution in [0.5, 0.6) is 0 Å². The summed E-state index contributed by atoms with van der Waals surface area (Å²) < 4.78 is 0. The highest BCUT2D eigenvalue weighted by atomic mass is 16.1. The molecule has 0 atom stereocenters.